The first kappa shape index (κ1) is 35.5. The van der Waals surface area contributed by atoms with Crippen molar-refractivity contribution in [1.29, 1.82) is 0 Å². The van der Waals surface area contributed by atoms with E-state index < -0.39 is 0 Å². The van der Waals surface area contributed by atoms with Gasteiger partial charge in [0.25, 0.3) is 11.8 Å². The van der Waals surface area contributed by atoms with Crippen LogP contribution in [-0.4, -0.2) is 82.3 Å². The molecule has 2 aromatic heterocycles. The van der Waals surface area contributed by atoms with Gasteiger partial charge in [-0.3, -0.25) is 9.59 Å². The highest BCUT2D eigenvalue weighted by Gasteiger charge is 2.50. The lowest BCUT2D eigenvalue weighted by Crippen LogP contribution is -2.40. The molecule has 2 bridgehead atoms. The molecule has 2 N–H and O–H groups in total. The number of carbonyl (C=O) groups is 2. The highest BCUT2D eigenvalue weighted by Crippen LogP contribution is 2.50. The summed E-state index contributed by atoms with van der Waals surface area (Å²) in [5.74, 6) is 2.24. The molecule has 10 nitrogen and oxygen atoms in total. The molecule has 0 unspecified atom stereocenters. The minimum Gasteiger partial charge on any atom is -0.378 e. The zero-order valence-corrected chi connectivity index (χ0v) is 32.4. The number of benzene rings is 4. The highest BCUT2D eigenvalue weighted by molar-refractivity contribution is 5.96. The lowest BCUT2D eigenvalue weighted by molar-refractivity contribution is 0.0579. The zero-order chi connectivity index (χ0) is 38.5. The molecule has 3 aliphatic rings. The van der Waals surface area contributed by atoms with Gasteiger partial charge in [-0.25, -0.2) is 9.97 Å². The molecule has 0 spiro atoms. The molecule has 4 atom stereocenters. The molecule has 1 saturated carbocycles. The van der Waals surface area contributed by atoms with Gasteiger partial charge in [0.05, 0.1) is 35.9 Å². The number of anilines is 2. The minimum absolute atomic E-state index is 0.0423. The monoisotopic (exact) mass is 744 g/mol. The number of aromatic amines is 2. The first-order valence-corrected chi connectivity index (χ1v) is 19.7. The molecule has 56 heavy (non-hydrogen) atoms. The fourth-order valence-electron chi connectivity index (χ4n) is 9.02. The standard InChI is InChI=1S/C46H48N8O2/c1-51(2)36-20-15-33(16-21-36)45(55)53-25-5-6-41(53)43-47-27-39(49-43)31-11-7-29(8-12-31)30-9-13-32(14-10-30)40-28-48-44(50-40)42-35-19-24-38(26-35)54(42)46(56)34-17-22-37(23-18-34)52(3)4/h7-18,20-23,27-28,35,38,41-42H,5-6,19,24-26H2,1-4H3,(H,47,49)(H,48,50)/t35-,38-,41-,42+/m0/s1. The van der Waals surface area contributed by atoms with Gasteiger partial charge in [-0.15, -0.1) is 0 Å². The number of likely N-dealkylation sites (tertiary alicyclic amines) is 2. The van der Waals surface area contributed by atoms with Crippen molar-refractivity contribution in [1.82, 2.24) is 29.7 Å². The first-order valence-electron chi connectivity index (χ1n) is 19.7. The molecule has 2 saturated heterocycles. The first-order chi connectivity index (χ1) is 27.2. The SMILES string of the molecule is CN(C)c1ccc(C(=O)N2CCC[C@H]2c2ncc(-c3ccc(-c4ccc(-c5cnc([C@H]6[C@H]7CC[C@@H](C7)N6C(=O)c6ccc(N(C)C)cc6)[nH]5)cc4)cc3)[nH]2)cc1. The highest BCUT2D eigenvalue weighted by atomic mass is 16.2. The molecule has 3 fully saturated rings. The van der Waals surface area contributed by atoms with E-state index in [0.29, 0.717) is 11.5 Å². The zero-order valence-electron chi connectivity index (χ0n) is 32.4. The number of piperidine rings is 1. The average molecular weight is 745 g/mol. The number of H-pyrrole nitrogens is 2. The van der Waals surface area contributed by atoms with Crippen molar-refractivity contribution in [2.45, 2.75) is 50.2 Å². The van der Waals surface area contributed by atoms with Crippen LogP contribution in [0.4, 0.5) is 11.4 Å². The van der Waals surface area contributed by atoms with Crippen LogP contribution in [-0.2, 0) is 0 Å². The van der Waals surface area contributed by atoms with E-state index in [1.165, 1.54) is 0 Å². The van der Waals surface area contributed by atoms with Crippen molar-refractivity contribution in [2.24, 2.45) is 5.92 Å². The average Bonchev–Trinajstić information content (AvgIpc) is 4.09. The van der Waals surface area contributed by atoms with E-state index in [-0.39, 0.29) is 29.9 Å². The van der Waals surface area contributed by atoms with Gasteiger partial charge in [-0.2, -0.15) is 0 Å². The van der Waals surface area contributed by atoms with E-state index in [1.54, 1.807) is 0 Å². The maximum atomic E-state index is 13.9. The van der Waals surface area contributed by atoms with E-state index >= 15 is 0 Å². The van der Waals surface area contributed by atoms with E-state index in [4.69, 9.17) is 9.97 Å². The summed E-state index contributed by atoms with van der Waals surface area (Å²) < 4.78 is 0. The Hall–Kier alpha value is -6.16. The van der Waals surface area contributed by atoms with Gasteiger partial charge in [0.15, 0.2) is 0 Å². The normalized spacial score (nSPS) is 20.1. The number of hydrogen-bond donors (Lipinski definition) is 2. The molecule has 284 valence electrons. The third-order valence-electron chi connectivity index (χ3n) is 12.1. The number of amides is 2. The Morgan fingerprint density at radius 1 is 0.607 bits per heavy atom. The summed E-state index contributed by atoms with van der Waals surface area (Å²) in [6, 6.07) is 32.9. The number of rotatable bonds is 9. The molecular weight excluding hydrogens is 697 g/mol. The van der Waals surface area contributed by atoms with Crippen LogP contribution in [0.1, 0.15) is 76.6 Å². The minimum atomic E-state index is -0.0746. The smallest absolute Gasteiger partial charge is 0.254 e. The summed E-state index contributed by atoms with van der Waals surface area (Å²) in [6.07, 6.45) is 8.82. The maximum absolute atomic E-state index is 13.9. The number of carbonyl (C=O) groups excluding carboxylic acids is 2. The topological polar surface area (TPSA) is 104 Å². The Balaban J connectivity index is 0.867. The van der Waals surface area contributed by atoms with Gasteiger partial charge in [0.2, 0.25) is 0 Å². The largest absolute Gasteiger partial charge is 0.378 e. The van der Waals surface area contributed by atoms with E-state index in [1.807, 2.05) is 104 Å². The van der Waals surface area contributed by atoms with Gasteiger partial charge in [0, 0.05) is 63.3 Å². The second kappa shape index (κ2) is 14.5. The Labute approximate surface area is 328 Å². The van der Waals surface area contributed by atoms with Gasteiger partial charge >= 0.3 is 0 Å². The number of hydrogen-bond acceptors (Lipinski definition) is 6. The predicted molar refractivity (Wildman–Crippen MR) is 222 cm³/mol. The summed E-state index contributed by atoms with van der Waals surface area (Å²) in [6.45, 7) is 0.720. The van der Waals surface area contributed by atoms with Crippen molar-refractivity contribution in [3.05, 3.63) is 132 Å². The van der Waals surface area contributed by atoms with Gasteiger partial charge in [-0.1, -0.05) is 48.5 Å². The second-order valence-electron chi connectivity index (χ2n) is 15.9. The molecule has 10 heteroatoms. The summed E-state index contributed by atoms with van der Waals surface area (Å²) >= 11 is 0. The van der Waals surface area contributed by atoms with Crippen molar-refractivity contribution in [3.63, 3.8) is 0 Å². The summed E-state index contributed by atoms with van der Waals surface area (Å²) in [7, 11) is 8.01. The molecular formula is C46H48N8O2. The fraction of sp³-hybridized carbons (Fsp3) is 0.304. The number of aromatic nitrogens is 4. The van der Waals surface area contributed by atoms with Crippen LogP contribution < -0.4 is 9.80 Å². The van der Waals surface area contributed by atoms with Gasteiger partial charge < -0.3 is 29.6 Å². The number of nitrogens with zero attached hydrogens (tertiary/aromatic N) is 6. The van der Waals surface area contributed by atoms with E-state index in [9.17, 15) is 9.59 Å². The van der Waals surface area contributed by atoms with Crippen molar-refractivity contribution >= 4 is 23.2 Å². The Kier molecular flexibility index (Phi) is 9.19. The maximum Gasteiger partial charge on any atom is 0.254 e. The van der Waals surface area contributed by atoms with E-state index in [0.717, 1.165) is 101 Å². The molecule has 4 aromatic carbocycles. The summed E-state index contributed by atoms with van der Waals surface area (Å²) in [5.41, 5.74) is 9.79. The lowest BCUT2D eigenvalue weighted by atomic mass is 9.97. The van der Waals surface area contributed by atoms with Crippen LogP contribution in [0.5, 0.6) is 0 Å². The van der Waals surface area contributed by atoms with Crippen molar-refractivity contribution in [3.8, 4) is 33.6 Å². The van der Waals surface area contributed by atoms with Crippen LogP contribution in [0.3, 0.4) is 0 Å². The Bertz CT molecular complexity index is 2340. The number of fused-ring (bicyclic) bond motifs is 2. The van der Waals surface area contributed by atoms with Crippen LogP contribution in [0.25, 0.3) is 33.6 Å². The number of nitrogens with one attached hydrogen (secondary N) is 2. The Morgan fingerprint density at radius 2 is 1.11 bits per heavy atom. The molecule has 2 amide bonds. The molecule has 2 aliphatic heterocycles. The van der Waals surface area contributed by atoms with Gasteiger partial charge in [-0.05, 0) is 109 Å². The quantitative estimate of drug-likeness (QED) is 0.154. The molecule has 6 aromatic rings. The predicted octanol–water partition coefficient (Wildman–Crippen LogP) is 8.61. The van der Waals surface area contributed by atoms with E-state index in [2.05, 4.69) is 63.4 Å². The molecule has 9 rings (SSSR count). The summed E-state index contributed by atoms with van der Waals surface area (Å²) in [4.78, 5) is 52.2. The van der Waals surface area contributed by atoms with Crippen molar-refractivity contribution in [2.75, 3.05) is 44.5 Å². The van der Waals surface area contributed by atoms with Crippen LogP contribution in [0.15, 0.2) is 109 Å². The third-order valence-corrected chi connectivity index (χ3v) is 12.1. The lowest BCUT2D eigenvalue weighted by Gasteiger charge is -2.34. The van der Waals surface area contributed by atoms with Crippen LogP contribution >= 0.6 is 0 Å². The fourth-order valence-corrected chi connectivity index (χ4v) is 9.02. The number of imidazole rings is 2. The summed E-state index contributed by atoms with van der Waals surface area (Å²) in [5, 5.41) is 0. The van der Waals surface area contributed by atoms with Crippen molar-refractivity contribution < 1.29 is 9.59 Å². The molecule has 0 radical (unpaired) electrons. The van der Waals surface area contributed by atoms with Crippen LogP contribution in [0, 0.1) is 5.92 Å². The molecule has 4 heterocycles. The Morgan fingerprint density at radius 3 is 1.66 bits per heavy atom. The van der Waals surface area contributed by atoms with Gasteiger partial charge in [0.1, 0.15) is 11.6 Å². The third kappa shape index (κ3) is 6.52. The second-order valence-corrected chi connectivity index (χ2v) is 15.9. The van der Waals surface area contributed by atoms with Crippen LogP contribution in [0.2, 0.25) is 0 Å². The molecule has 1 aliphatic carbocycles.